The van der Waals surface area contributed by atoms with Crippen molar-refractivity contribution < 1.29 is 14.2 Å². The van der Waals surface area contributed by atoms with E-state index in [0.29, 0.717) is 17.2 Å². The normalized spacial score (nSPS) is 17.8. The topological polar surface area (TPSA) is 80.3 Å². The second-order valence-electron chi connectivity index (χ2n) is 6.60. The van der Waals surface area contributed by atoms with Gasteiger partial charge < -0.3 is 18.8 Å². The summed E-state index contributed by atoms with van der Waals surface area (Å²) in [6.45, 7) is 0. The Balaban J connectivity index is 1.88. The largest absolute Gasteiger partial charge is 0.493 e. The average molecular weight is 452 g/mol. The van der Waals surface area contributed by atoms with Crippen LogP contribution in [-0.4, -0.2) is 24.7 Å². The van der Waals surface area contributed by atoms with Gasteiger partial charge in [-0.05, 0) is 51.8 Å². The first-order chi connectivity index (χ1) is 14.1. The molecule has 0 amide bonds. The summed E-state index contributed by atoms with van der Waals surface area (Å²) in [7, 11) is 3.14. The van der Waals surface area contributed by atoms with Gasteiger partial charge in [0.25, 0.3) is 0 Å². The van der Waals surface area contributed by atoms with E-state index in [0.717, 1.165) is 21.3 Å². The summed E-state index contributed by atoms with van der Waals surface area (Å²) in [5.74, 6) is 0.521. The fraction of sp³-hybridized carbons (Fsp3) is 0.182. The highest BCUT2D eigenvalue weighted by molar-refractivity contribution is 9.10. The van der Waals surface area contributed by atoms with Crippen LogP contribution in [0.3, 0.4) is 0 Å². The number of hydrogen-bond donors (Lipinski definition) is 1. The van der Waals surface area contributed by atoms with Crippen molar-refractivity contribution >= 4 is 21.8 Å². The van der Waals surface area contributed by atoms with Gasteiger partial charge >= 0.3 is 0 Å². The highest BCUT2D eigenvalue weighted by Gasteiger charge is 2.37. The monoisotopic (exact) mass is 451 g/mol. The van der Waals surface area contributed by atoms with E-state index in [1.54, 1.807) is 14.2 Å². The predicted octanol–water partition coefficient (Wildman–Crippen LogP) is 4.90. The van der Waals surface area contributed by atoms with E-state index < -0.39 is 5.92 Å². The molecule has 146 valence electrons. The van der Waals surface area contributed by atoms with E-state index in [1.165, 1.54) is 0 Å². The molecule has 2 atom stereocenters. The van der Waals surface area contributed by atoms with E-state index in [4.69, 9.17) is 19.6 Å². The van der Waals surface area contributed by atoms with E-state index in [1.807, 2.05) is 59.4 Å². The van der Waals surface area contributed by atoms with Gasteiger partial charge in [-0.15, -0.1) is 0 Å². The van der Waals surface area contributed by atoms with Crippen molar-refractivity contribution in [2.75, 3.05) is 14.2 Å². The van der Waals surface area contributed by atoms with Gasteiger partial charge in [-0.2, -0.15) is 5.26 Å². The van der Waals surface area contributed by atoms with Gasteiger partial charge in [0.15, 0.2) is 11.5 Å². The third kappa shape index (κ3) is 3.26. The van der Waals surface area contributed by atoms with E-state index in [2.05, 4.69) is 22.0 Å². The second-order valence-corrected chi connectivity index (χ2v) is 7.46. The third-order valence-electron chi connectivity index (χ3n) is 5.02. The average Bonchev–Trinajstić information content (AvgIpc) is 3.26. The quantitative estimate of drug-likeness (QED) is 0.611. The maximum atomic E-state index is 9.78. The molecule has 0 radical (unpaired) electrons. The van der Waals surface area contributed by atoms with Gasteiger partial charge in [0, 0.05) is 35.6 Å². The van der Waals surface area contributed by atoms with Gasteiger partial charge in [-0.25, -0.2) is 0 Å². The summed E-state index contributed by atoms with van der Waals surface area (Å²) < 4.78 is 19.3. The van der Waals surface area contributed by atoms with Gasteiger partial charge in [-0.3, -0.25) is 5.41 Å². The van der Waals surface area contributed by atoms with Crippen LogP contribution in [0.1, 0.15) is 17.0 Å². The summed E-state index contributed by atoms with van der Waals surface area (Å²) in [5, 5.41) is 18.1. The third-order valence-corrected chi connectivity index (χ3v) is 5.61. The molecule has 1 N–H and O–H groups in total. The van der Waals surface area contributed by atoms with Crippen LogP contribution < -0.4 is 14.2 Å². The molecule has 0 saturated heterocycles. The van der Waals surface area contributed by atoms with Crippen molar-refractivity contribution in [1.29, 1.82) is 10.7 Å². The minimum Gasteiger partial charge on any atom is -0.493 e. The molecule has 2 aromatic carbocycles. The summed E-state index contributed by atoms with van der Waals surface area (Å²) in [6, 6.07) is 15.7. The summed E-state index contributed by atoms with van der Waals surface area (Å²) in [4.78, 5) is 0. The number of halogens is 1. The molecule has 2 heterocycles. The highest BCUT2D eigenvalue weighted by Crippen LogP contribution is 2.46. The SMILES string of the molecule is COc1cc(C2c3ccc(-n4cccc4)cc3OC(=N)C2C#N)cc(Br)c1OC. The fourth-order valence-corrected chi connectivity index (χ4v) is 4.29. The lowest BCUT2D eigenvalue weighted by molar-refractivity contribution is 0.352. The molecule has 3 aromatic rings. The second kappa shape index (κ2) is 7.64. The number of ether oxygens (including phenoxy) is 3. The molecule has 0 fully saturated rings. The van der Waals surface area contributed by atoms with Crippen molar-refractivity contribution in [2.24, 2.45) is 5.92 Å². The molecular formula is C22H18BrN3O3. The van der Waals surface area contributed by atoms with E-state index in [-0.39, 0.29) is 11.8 Å². The summed E-state index contributed by atoms with van der Waals surface area (Å²) in [5.41, 5.74) is 2.61. The number of methoxy groups -OCH3 is 2. The van der Waals surface area contributed by atoms with Crippen molar-refractivity contribution in [3.63, 3.8) is 0 Å². The van der Waals surface area contributed by atoms with Crippen molar-refractivity contribution in [2.45, 2.75) is 5.92 Å². The predicted molar refractivity (Wildman–Crippen MR) is 112 cm³/mol. The number of nitrogens with one attached hydrogen (secondary N) is 1. The smallest absolute Gasteiger partial charge is 0.205 e. The standard InChI is InChI=1S/C22H18BrN3O3/c1-27-19-10-13(9-17(23)21(19)28-2)20-15-6-5-14(26-7-3-4-8-26)11-18(15)29-22(25)16(20)12-24/h3-11,16,20,25H,1-2H3. The molecule has 29 heavy (non-hydrogen) atoms. The number of benzene rings is 2. The van der Waals surface area contributed by atoms with Crippen LogP contribution in [0.25, 0.3) is 5.69 Å². The number of rotatable bonds is 4. The molecule has 7 heteroatoms. The van der Waals surface area contributed by atoms with E-state index >= 15 is 0 Å². The molecule has 6 nitrogen and oxygen atoms in total. The molecule has 1 aromatic heterocycles. The molecule has 1 aliphatic heterocycles. The van der Waals surface area contributed by atoms with Crippen molar-refractivity contribution in [3.8, 4) is 29.0 Å². The minimum atomic E-state index is -0.745. The summed E-state index contributed by atoms with van der Waals surface area (Å²) in [6.07, 6.45) is 3.88. The Morgan fingerprint density at radius 3 is 2.55 bits per heavy atom. The van der Waals surface area contributed by atoms with Crippen LogP contribution in [0.4, 0.5) is 0 Å². The molecule has 0 saturated carbocycles. The van der Waals surface area contributed by atoms with Crippen LogP contribution in [-0.2, 0) is 0 Å². The zero-order valence-electron chi connectivity index (χ0n) is 15.8. The Bertz CT molecular complexity index is 1120. The van der Waals surface area contributed by atoms with Gasteiger partial charge in [0.05, 0.1) is 24.8 Å². The Morgan fingerprint density at radius 1 is 1.14 bits per heavy atom. The number of fused-ring (bicyclic) bond motifs is 1. The first-order valence-corrected chi connectivity index (χ1v) is 9.71. The van der Waals surface area contributed by atoms with Crippen LogP contribution in [0.5, 0.6) is 17.2 Å². The molecule has 0 aliphatic carbocycles. The maximum Gasteiger partial charge on any atom is 0.205 e. The minimum absolute atomic E-state index is 0.0689. The molecular weight excluding hydrogens is 434 g/mol. The van der Waals surface area contributed by atoms with Gasteiger partial charge in [-0.1, -0.05) is 6.07 Å². The molecule has 2 unspecified atom stereocenters. The van der Waals surface area contributed by atoms with Crippen LogP contribution >= 0.6 is 15.9 Å². The number of nitriles is 1. The Morgan fingerprint density at radius 2 is 1.90 bits per heavy atom. The van der Waals surface area contributed by atoms with Crippen LogP contribution in [0, 0.1) is 22.7 Å². The van der Waals surface area contributed by atoms with Crippen molar-refractivity contribution in [1.82, 2.24) is 4.57 Å². The number of nitrogens with zero attached hydrogens (tertiary/aromatic N) is 2. The first-order valence-electron chi connectivity index (χ1n) is 8.92. The molecule has 0 bridgehead atoms. The lowest BCUT2D eigenvalue weighted by Crippen LogP contribution is -2.31. The van der Waals surface area contributed by atoms with E-state index in [9.17, 15) is 5.26 Å². The molecule has 1 aliphatic rings. The Kier molecular flexibility index (Phi) is 5.03. The van der Waals surface area contributed by atoms with Gasteiger partial charge in [0.2, 0.25) is 5.90 Å². The lowest BCUT2D eigenvalue weighted by atomic mass is 9.79. The first kappa shape index (κ1) is 19.1. The Hall–Kier alpha value is -3.24. The summed E-state index contributed by atoms with van der Waals surface area (Å²) >= 11 is 3.52. The van der Waals surface area contributed by atoms with Crippen LogP contribution in [0.2, 0.25) is 0 Å². The number of hydrogen-bond acceptors (Lipinski definition) is 5. The maximum absolute atomic E-state index is 9.78. The fourth-order valence-electron chi connectivity index (χ4n) is 3.67. The number of aromatic nitrogens is 1. The highest BCUT2D eigenvalue weighted by atomic mass is 79.9. The van der Waals surface area contributed by atoms with Gasteiger partial charge in [0.1, 0.15) is 11.7 Å². The van der Waals surface area contributed by atoms with Crippen LogP contribution in [0.15, 0.2) is 59.3 Å². The Labute approximate surface area is 176 Å². The molecule has 4 rings (SSSR count). The zero-order chi connectivity index (χ0) is 20.5. The lowest BCUT2D eigenvalue weighted by Gasteiger charge is -2.31. The zero-order valence-corrected chi connectivity index (χ0v) is 17.4. The molecule has 0 spiro atoms. The van der Waals surface area contributed by atoms with Crippen molar-refractivity contribution in [3.05, 3.63) is 70.5 Å².